The Bertz CT molecular complexity index is 998. The van der Waals surface area contributed by atoms with Crippen LogP contribution in [0.4, 0.5) is 0 Å². The molecule has 39 heavy (non-hydrogen) atoms. The Kier molecular flexibility index (Phi) is 15.6. The van der Waals surface area contributed by atoms with E-state index in [-0.39, 0.29) is 42.4 Å². The van der Waals surface area contributed by atoms with Crippen molar-refractivity contribution >= 4 is 48.3 Å². The van der Waals surface area contributed by atoms with Gasteiger partial charge in [0.25, 0.3) is 0 Å². The number of carboxylic acids is 1. The highest BCUT2D eigenvalue weighted by Gasteiger charge is 2.23. The van der Waals surface area contributed by atoms with Crippen molar-refractivity contribution in [3.05, 3.63) is 70.8 Å². The van der Waals surface area contributed by atoms with Crippen molar-refractivity contribution in [1.82, 2.24) is 9.80 Å². The highest BCUT2D eigenvalue weighted by atomic mass is 127. The van der Waals surface area contributed by atoms with Gasteiger partial charge in [-0.3, -0.25) is 0 Å². The van der Waals surface area contributed by atoms with E-state index in [0.717, 1.165) is 13.1 Å². The van der Waals surface area contributed by atoms with Gasteiger partial charge < -0.3 is 19.6 Å². The fourth-order valence-corrected chi connectivity index (χ4v) is 5.41. The second-order valence-electron chi connectivity index (χ2n) is 10.8. The summed E-state index contributed by atoms with van der Waals surface area (Å²) in [4.78, 5) is 27.2. The molecule has 0 spiro atoms. The summed E-state index contributed by atoms with van der Waals surface area (Å²) in [6.45, 7) is 13.6. The maximum atomic E-state index is 11.4. The third-order valence-electron chi connectivity index (χ3n) is 7.95. The molecule has 0 aromatic heterocycles. The molecule has 2 fully saturated rings. The number of aromatic carboxylic acids is 1. The van der Waals surface area contributed by atoms with E-state index in [1.807, 2.05) is 24.3 Å². The summed E-state index contributed by atoms with van der Waals surface area (Å²) < 4.78 is 4.72. The summed E-state index contributed by atoms with van der Waals surface area (Å²) in [5, 5.41) is 8.88. The first-order chi connectivity index (χ1) is 17.7. The van der Waals surface area contributed by atoms with Crippen LogP contribution >= 0.6 is 36.4 Å². The lowest BCUT2D eigenvalue weighted by Gasteiger charge is -2.34. The number of likely N-dealkylation sites (tertiary alicyclic amines) is 2. The normalized spacial score (nSPS) is 17.0. The van der Waals surface area contributed by atoms with Gasteiger partial charge in [-0.15, -0.1) is 36.4 Å². The van der Waals surface area contributed by atoms with Gasteiger partial charge in [-0.1, -0.05) is 24.3 Å². The van der Waals surface area contributed by atoms with Gasteiger partial charge >= 0.3 is 11.9 Å². The molecule has 2 aromatic carbocycles. The van der Waals surface area contributed by atoms with E-state index in [1.54, 1.807) is 12.1 Å². The number of rotatable bonds is 6. The molecule has 0 radical (unpaired) electrons. The van der Waals surface area contributed by atoms with Crippen LogP contribution in [0.1, 0.15) is 97.1 Å². The fourth-order valence-electron chi connectivity index (χ4n) is 5.41. The van der Waals surface area contributed by atoms with Gasteiger partial charge in [-0.05, 0) is 127 Å². The highest BCUT2D eigenvalue weighted by molar-refractivity contribution is 14.0. The maximum absolute atomic E-state index is 11.4. The van der Waals surface area contributed by atoms with Gasteiger partial charge in [-0.25, -0.2) is 9.59 Å². The average molecular weight is 673 g/mol. The van der Waals surface area contributed by atoms with E-state index in [0.29, 0.717) is 35.0 Å². The summed E-state index contributed by atoms with van der Waals surface area (Å²) in [7, 11) is 1.41. The molecule has 0 aliphatic carbocycles. The zero-order chi connectivity index (χ0) is 26.9. The summed E-state index contributed by atoms with van der Waals surface area (Å²) >= 11 is 0. The van der Waals surface area contributed by atoms with Crippen LogP contribution in [0.15, 0.2) is 48.5 Å². The van der Waals surface area contributed by atoms with Crippen LogP contribution in [0.3, 0.4) is 0 Å². The van der Waals surface area contributed by atoms with Crippen LogP contribution in [-0.4, -0.2) is 72.2 Å². The third kappa shape index (κ3) is 10.3. The minimum absolute atomic E-state index is 0. The quantitative estimate of drug-likeness (QED) is 0.262. The van der Waals surface area contributed by atoms with Crippen molar-refractivity contribution in [2.45, 2.75) is 77.3 Å². The summed E-state index contributed by atoms with van der Waals surface area (Å²) in [6.07, 6.45) is 4.75. The van der Waals surface area contributed by atoms with Crippen molar-refractivity contribution in [1.29, 1.82) is 0 Å². The molecule has 2 saturated heterocycles. The first-order valence-electron chi connectivity index (χ1n) is 13.7. The van der Waals surface area contributed by atoms with Crippen LogP contribution in [-0.2, 0) is 4.74 Å². The van der Waals surface area contributed by atoms with E-state index < -0.39 is 5.97 Å². The van der Waals surface area contributed by atoms with Gasteiger partial charge in [-0.2, -0.15) is 0 Å². The number of carbonyl (C=O) groups is 2. The lowest BCUT2D eigenvalue weighted by atomic mass is 9.88. The maximum Gasteiger partial charge on any atom is 0.337 e. The molecule has 4 rings (SSSR count). The molecule has 8 heteroatoms. The molecule has 6 nitrogen and oxygen atoms in total. The Hall–Kier alpha value is -1.68. The van der Waals surface area contributed by atoms with Crippen LogP contribution in [0, 0.1) is 0 Å². The molecular formula is C31H46ClIN2O4. The Morgan fingerprint density at radius 1 is 0.718 bits per heavy atom. The molecule has 0 unspecified atom stereocenters. The minimum Gasteiger partial charge on any atom is -0.478 e. The lowest BCUT2D eigenvalue weighted by Crippen LogP contribution is -2.37. The molecule has 0 amide bonds. The van der Waals surface area contributed by atoms with Gasteiger partial charge in [0.05, 0.1) is 18.2 Å². The predicted molar refractivity (Wildman–Crippen MR) is 171 cm³/mol. The zero-order valence-electron chi connectivity index (χ0n) is 24.0. The van der Waals surface area contributed by atoms with E-state index in [2.05, 4.69) is 49.6 Å². The predicted octanol–water partition coefficient (Wildman–Crippen LogP) is 7.07. The molecule has 2 aliphatic rings. The van der Waals surface area contributed by atoms with E-state index in [9.17, 15) is 9.59 Å². The van der Waals surface area contributed by atoms with Crippen molar-refractivity contribution in [2.75, 3.05) is 33.3 Å². The van der Waals surface area contributed by atoms with Gasteiger partial charge in [0.15, 0.2) is 0 Å². The number of esters is 1. The van der Waals surface area contributed by atoms with Crippen molar-refractivity contribution < 1.29 is 19.4 Å². The topological polar surface area (TPSA) is 70.1 Å². The van der Waals surface area contributed by atoms with Crippen LogP contribution < -0.4 is 0 Å². The number of carbonyl (C=O) groups excluding carboxylic acids is 1. The number of piperidine rings is 2. The van der Waals surface area contributed by atoms with Crippen LogP contribution in [0.2, 0.25) is 0 Å². The number of carboxylic acid groups (broad SMARTS) is 1. The van der Waals surface area contributed by atoms with E-state index >= 15 is 0 Å². The summed E-state index contributed by atoms with van der Waals surface area (Å²) in [6, 6.07) is 16.5. The Morgan fingerprint density at radius 3 is 1.33 bits per heavy atom. The molecule has 1 N–H and O–H groups in total. The van der Waals surface area contributed by atoms with Crippen molar-refractivity contribution in [3.8, 4) is 0 Å². The molecule has 218 valence electrons. The second-order valence-corrected chi connectivity index (χ2v) is 10.8. The molecule has 2 aromatic rings. The highest BCUT2D eigenvalue weighted by Crippen LogP contribution is 2.30. The van der Waals surface area contributed by atoms with Gasteiger partial charge in [0.2, 0.25) is 0 Å². The van der Waals surface area contributed by atoms with Gasteiger partial charge in [0, 0.05) is 12.1 Å². The number of methoxy groups -OCH3 is 1. The number of nitrogens with zero attached hydrogens (tertiary/aromatic N) is 2. The Labute approximate surface area is 257 Å². The number of ether oxygens (including phenoxy) is 1. The number of hydrogen-bond donors (Lipinski definition) is 1. The largest absolute Gasteiger partial charge is 0.478 e. The molecule has 2 heterocycles. The summed E-state index contributed by atoms with van der Waals surface area (Å²) in [5.74, 6) is 0.0990. The second kappa shape index (κ2) is 17.2. The van der Waals surface area contributed by atoms with Crippen molar-refractivity contribution in [3.63, 3.8) is 0 Å². The smallest absolute Gasteiger partial charge is 0.337 e. The monoisotopic (exact) mass is 672 g/mol. The van der Waals surface area contributed by atoms with Gasteiger partial charge in [0.1, 0.15) is 0 Å². The van der Waals surface area contributed by atoms with Crippen LogP contribution in [0.5, 0.6) is 0 Å². The molecular weight excluding hydrogens is 627 g/mol. The lowest BCUT2D eigenvalue weighted by molar-refractivity contribution is 0.0599. The van der Waals surface area contributed by atoms with Crippen molar-refractivity contribution in [2.24, 2.45) is 0 Å². The summed E-state index contributed by atoms with van der Waals surface area (Å²) in [5.41, 5.74) is 3.63. The minimum atomic E-state index is -0.851. The third-order valence-corrected chi connectivity index (χ3v) is 7.95. The Balaban J connectivity index is 0.000000371. The molecule has 2 aliphatic heterocycles. The SMILES string of the molecule is CC(C)N1CCC(c2ccc(C(=O)O)cc2)CC1.COC(=O)c1ccc(C2CCN(C(C)C)CC2)cc1.Cl.I. The molecule has 0 bridgehead atoms. The molecule has 0 atom stereocenters. The Morgan fingerprint density at radius 2 is 1.05 bits per heavy atom. The number of hydrogen-bond acceptors (Lipinski definition) is 5. The standard InChI is InChI=1S/C16H23NO2.C15H21NO2.ClH.HI/c1-12(2)17-10-8-14(9-11-17)13-4-6-15(7-5-13)16(18)19-3;1-11(2)16-9-7-13(8-10-16)12-3-5-14(6-4-12)15(17)18;;/h4-7,12,14H,8-11H2,1-3H3;3-6,11,13H,7-10H2,1-2H3,(H,17,18);2*1H. The van der Waals surface area contributed by atoms with E-state index in [4.69, 9.17) is 9.84 Å². The fraction of sp³-hybridized carbons (Fsp3) is 0.548. The van der Waals surface area contributed by atoms with E-state index in [1.165, 1.54) is 57.0 Å². The van der Waals surface area contributed by atoms with Crippen LogP contribution in [0.25, 0.3) is 0 Å². The zero-order valence-corrected chi connectivity index (χ0v) is 27.1. The first-order valence-corrected chi connectivity index (χ1v) is 13.7. The first kappa shape index (κ1) is 35.3. The average Bonchev–Trinajstić information content (AvgIpc) is 2.93. The number of halogens is 2. The molecule has 0 saturated carbocycles. The number of benzene rings is 2.